The van der Waals surface area contributed by atoms with Crippen LogP contribution in [0.4, 0.5) is 0 Å². The third-order valence-electron chi connectivity index (χ3n) is 4.82. The number of hydrogen-bond donors (Lipinski definition) is 1. The van der Waals surface area contributed by atoms with E-state index in [2.05, 4.69) is 27.3 Å². The van der Waals surface area contributed by atoms with Crippen LogP contribution in [-0.2, 0) is 13.2 Å². The minimum Gasteiger partial charge on any atom is -0.493 e. The molecule has 0 heterocycles. The molecular formula is C21H26BrCl2NO2. The maximum absolute atomic E-state index is 6.21. The third-order valence-corrected chi connectivity index (χ3v) is 5.78. The summed E-state index contributed by atoms with van der Waals surface area (Å²) < 4.78 is 12.5. The lowest BCUT2D eigenvalue weighted by Crippen LogP contribution is -2.30. The summed E-state index contributed by atoms with van der Waals surface area (Å²) in [4.78, 5) is 0. The van der Waals surface area contributed by atoms with Crippen LogP contribution in [0, 0.1) is 0 Å². The molecule has 1 saturated carbocycles. The average molecular weight is 475 g/mol. The van der Waals surface area contributed by atoms with Crippen LogP contribution in [0.15, 0.2) is 40.9 Å². The molecule has 0 aliphatic heterocycles. The largest absolute Gasteiger partial charge is 0.493 e. The maximum atomic E-state index is 6.21. The van der Waals surface area contributed by atoms with E-state index >= 15 is 0 Å². The van der Waals surface area contributed by atoms with Gasteiger partial charge in [0.1, 0.15) is 6.61 Å². The van der Waals surface area contributed by atoms with E-state index in [0.717, 1.165) is 22.3 Å². The number of ether oxygens (including phenoxy) is 2. The van der Waals surface area contributed by atoms with E-state index in [0.29, 0.717) is 23.4 Å². The van der Waals surface area contributed by atoms with Gasteiger partial charge in [-0.25, -0.2) is 0 Å². The van der Waals surface area contributed by atoms with Crippen molar-refractivity contribution in [2.75, 3.05) is 7.11 Å². The number of rotatable bonds is 7. The van der Waals surface area contributed by atoms with Gasteiger partial charge < -0.3 is 14.8 Å². The van der Waals surface area contributed by atoms with Crippen LogP contribution in [0.2, 0.25) is 5.02 Å². The highest BCUT2D eigenvalue weighted by atomic mass is 79.9. The molecule has 0 spiro atoms. The van der Waals surface area contributed by atoms with E-state index < -0.39 is 0 Å². The molecule has 0 unspecified atom stereocenters. The summed E-state index contributed by atoms with van der Waals surface area (Å²) in [6.45, 7) is 1.23. The summed E-state index contributed by atoms with van der Waals surface area (Å²) >= 11 is 9.84. The predicted octanol–water partition coefficient (Wildman–Crippen LogP) is 6.53. The van der Waals surface area contributed by atoms with Gasteiger partial charge in [0.2, 0.25) is 0 Å². The number of benzene rings is 2. The molecule has 3 nitrogen and oxygen atoms in total. The highest BCUT2D eigenvalue weighted by Crippen LogP contribution is 2.37. The van der Waals surface area contributed by atoms with Crippen LogP contribution in [0.3, 0.4) is 0 Å². The van der Waals surface area contributed by atoms with E-state index in [-0.39, 0.29) is 12.4 Å². The van der Waals surface area contributed by atoms with Gasteiger partial charge in [-0.15, -0.1) is 12.4 Å². The van der Waals surface area contributed by atoms with Crippen LogP contribution in [0.25, 0.3) is 0 Å². The van der Waals surface area contributed by atoms with E-state index in [1.165, 1.54) is 37.7 Å². The highest BCUT2D eigenvalue weighted by molar-refractivity contribution is 9.10. The first-order valence-electron chi connectivity index (χ1n) is 9.13. The van der Waals surface area contributed by atoms with Gasteiger partial charge in [0.25, 0.3) is 0 Å². The Bertz CT molecular complexity index is 736. The van der Waals surface area contributed by atoms with Crippen LogP contribution < -0.4 is 14.8 Å². The summed E-state index contributed by atoms with van der Waals surface area (Å²) in [5.41, 5.74) is 2.13. The smallest absolute Gasteiger partial charge is 0.175 e. The molecular weight excluding hydrogens is 449 g/mol. The maximum Gasteiger partial charge on any atom is 0.175 e. The Balaban J connectivity index is 0.00000261. The fourth-order valence-corrected chi connectivity index (χ4v) is 4.14. The van der Waals surface area contributed by atoms with E-state index in [1.807, 2.05) is 30.3 Å². The molecule has 1 N–H and O–H groups in total. The Labute approximate surface area is 181 Å². The quantitative estimate of drug-likeness (QED) is 0.494. The van der Waals surface area contributed by atoms with Crippen molar-refractivity contribution in [2.24, 2.45) is 0 Å². The molecule has 0 bridgehead atoms. The number of nitrogens with one attached hydrogen (secondary N) is 1. The van der Waals surface area contributed by atoms with E-state index in [4.69, 9.17) is 21.1 Å². The van der Waals surface area contributed by atoms with Crippen LogP contribution in [0.1, 0.15) is 43.2 Å². The topological polar surface area (TPSA) is 30.5 Å². The van der Waals surface area contributed by atoms with Gasteiger partial charge in [0.15, 0.2) is 11.5 Å². The molecule has 148 valence electrons. The minimum absolute atomic E-state index is 0. The molecule has 1 aliphatic carbocycles. The monoisotopic (exact) mass is 473 g/mol. The molecule has 1 fully saturated rings. The third kappa shape index (κ3) is 6.28. The first kappa shape index (κ1) is 22.4. The van der Waals surface area contributed by atoms with Crippen LogP contribution in [0.5, 0.6) is 11.5 Å². The van der Waals surface area contributed by atoms with Crippen LogP contribution in [-0.4, -0.2) is 13.2 Å². The second-order valence-corrected chi connectivity index (χ2v) is 7.97. The Kier molecular flexibility index (Phi) is 9.24. The molecule has 6 heteroatoms. The lowest BCUT2D eigenvalue weighted by molar-refractivity contribution is 0.282. The minimum atomic E-state index is 0. The molecule has 1 aliphatic rings. The van der Waals surface area contributed by atoms with Crippen molar-refractivity contribution in [2.45, 2.75) is 51.3 Å². The van der Waals surface area contributed by atoms with Gasteiger partial charge in [-0.3, -0.25) is 0 Å². The van der Waals surface area contributed by atoms with Gasteiger partial charge in [-0.05, 0) is 52.5 Å². The molecule has 2 aromatic carbocycles. The number of methoxy groups -OCH3 is 1. The predicted molar refractivity (Wildman–Crippen MR) is 117 cm³/mol. The summed E-state index contributed by atoms with van der Waals surface area (Å²) in [6.07, 6.45) is 6.59. The standard InChI is InChI=1S/C21H25BrClNO2.ClH/c1-25-20-12-15(13-24-17-8-3-2-4-9-17)11-18(22)21(20)26-14-16-7-5-6-10-19(16)23;/h5-7,10-12,17,24H,2-4,8-9,13-14H2,1H3;1H. The van der Waals surface area contributed by atoms with Crippen molar-refractivity contribution in [3.8, 4) is 11.5 Å². The number of hydrogen-bond acceptors (Lipinski definition) is 3. The van der Waals surface area contributed by atoms with E-state index in [1.54, 1.807) is 7.11 Å². The summed E-state index contributed by atoms with van der Waals surface area (Å²) in [6, 6.07) is 12.5. The molecule has 0 atom stereocenters. The average Bonchev–Trinajstić information content (AvgIpc) is 2.67. The highest BCUT2D eigenvalue weighted by Gasteiger charge is 2.15. The normalized spacial score (nSPS) is 14.5. The summed E-state index contributed by atoms with van der Waals surface area (Å²) in [5, 5.41) is 4.37. The first-order valence-corrected chi connectivity index (χ1v) is 10.3. The van der Waals surface area contributed by atoms with Crippen molar-refractivity contribution in [3.63, 3.8) is 0 Å². The lowest BCUT2D eigenvalue weighted by Gasteiger charge is -2.23. The fraction of sp³-hybridized carbons (Fsp3) is 0.429. The van der Waals surface area contributed by atoms with Gasteiger partial charge in [0.05, 0.1) is 11.6 Å². The van der Waals surface area contributed by atoms with Crippen molar-refractivity contribution >= 4 is 39.9 Å². The van der Waals surface area contributed by atoms with Crippen molar-refractivity contribution < 1.29 is 9.47 Å². The zero-order chi connectivity index (χ0) is 18.4. The van der Waals surface area contributed by atoms with Gasteiger partial charge in [-0.1, -0.05) is 49.1 Å². The molecule has 0 aromatic heterocycles. The Morgan fingerprint density at radius 1 is 1.15 bits per heavy atom. The molecule has 0 amide bonds. The molecule has 3 rings (SSSR count). The van der Waals surface area contributed by atoms with Gasteiger partial charge in [0, 0.05) is 23.2 Å². The van der Waals surface area contributed by atoms with E-state index in [9.17, 15) is 0 Å². The SMILES string of the molecule is COc1cc(CNC2CCCCC2)cc(Br)c1OCc1ccccc1Cl.Cl. The first-order chi connectivity index (χ1) is 12.7. The van der Waals surface area contributed by atoms with Crippen LogP contribution >= 0.6 is 39.9 Å². The van der Waals surface area contributed by atoms with Gasteiger partial charge >= 0.3 is 0 Å². The zero-order valence-electron chi connectivity index (χ0n) is 15.5. The Morgan fingerprint density at radius 2 is 1.89 bits per heavy atom. The van der Waals surface area contributed by atoms with Gasteiger partial charge in [-0.2, -0.15) is 0 Å². The van der Waals surface area contributed by atoms with Crippen molar-refractivity contribution in [3.05, 3.63) is 57.0 Å². The summed E-state index contributed by atoms with van der Waals surface area (Å²) in [5.74, 6) is 1.43. The Morgan fingerprint density at radius 3 is 2.59 bits per heavy atom. The fourth-order valence-electron chi connectivity index (χ4n) is 3.35. The molecule has 2 aromatic rings. The Hall–Kier alpha value is -0.940. The summed E-state index contributed by atoms with van der Waals surface area (Å²) in [7, 11) is 1.67. The van der Waals surface area contributed by atoms with Crippen molar-refractivity contribution in [1.29, 1.82) is 0 Å². The molecule has 0 saturated heterocycles. The zero-order valence-corrected chi connectivity index (χ0v) is 18.6. The molecule has 27 heavy (non-hydrogen) atoms. The second-order valence-electron chi connectivity index (χ2n) is 6.70. The number of halogens is 3. The van der Waals surface area contributed by atoms with Crippen molar-refractivity contribution in [1.82, 2.24) is 5.32 Å². The molecule has 0 radical (unpaired) electrons. The lowest BCUT2D eigenvalue weighted by atomic mass is 9.95. The second kappa shape index (κ2) is 11.2.